The van der Waals surface area contributed by atoms with E-state index in [0.717, 1.165) is 6.92 Å². The van der Waals surface area contributed by atoms with Crippen LogP contribution >= 0.6 is 0 Å². The van der Waals surface area contributed by atoms with Crippen molar-refractivity contribution in [1.82, 2.24) is 0 Å². The Hall–Kier alpha value is -1.97. The summed E-state index contributed by atoms with van der Waals surface area (Å²) in [6.45, 7) is 4.21. The van der Waals surface area contributed by atoms with Gasteiger partial charge in [-0.1, -0.05) is 25.8 Å². The van der Waals surface area contributed by atoms with Crippen LogP contribution in [0.15, 0.2) is 12.2 Å². The molecular formula is C17H20F8O7S. The van der Waals surface area contributed by atoms with Gasteiger partial charge >= 0.3 is 45.3 Å². The second kappa shape index (κ2) is 9.72. The molecule has 0 heterocycles. The highest BCUT2D eigenvalue weighted by atomic mass is 32.2. The molecule has 0 bridgehead atoms. The summed E-state index contributed by atoms with van der Waals surface area (Å²) >= 11 is 0. The van der Waals surface area contributed by atoms with Crippen LogP contribution in [0.3, 0.4) is 0 Å². The van der Waals surface area contributed by atoms with E-state index in [-0.39, 0.29) is 12.8 Å². The number of rotatable bonds is 8. The first kappa shape index (κ1) is 29.1. The van der Waals surface area contributed by atoms with Crippen LogP contribution in [0.4, 0.5) is 35.1 Å². The van der Waals surface area contributed by atoms with Gasteiger partial charge in [-0.15, -0.1) is 0 Å². The van der Waals surface area contributed by atoms with E-state index in [2.05, 4.69) is 11.3 Å². The first-order valence-corrected chi connectivity index (χ1v) is 10.7. The van der Waals surface area contributed by atoms with Gasteiger partial charge < -0.3 is 9.47 Å². The van der Waals surface area contributed by atoms with Crippen molar-refractivity contribution in [2.45, 2.75) is 74.8 Å². The van der Waals surface area contributed by atoms with Gasteiger partial charge in [-0.2, -0.15) is 43.5 Å². The van der Waals surface area contributed by atoms with Gasteiger partial charge in [-0.3, -0.25) is 4.55 Å². The topological polar surface area (TPSA) is 107 Å². The molecule has 1 fully saturated rings. The number of esters is 2. The SMILES string of the molecule is C=C(C)C(=O)OC(CC(OC(=O)C(F)(F)S(=O)(=O)O)(C(F)(F)F)C(F)(F)F)C1CCCCC1. The Morgan fingerprint density at radius 1 is 1.00 bits per heavy atom. The van der Waals surface area contributed by atoms with Crippen LogP contribution < -0.4 is 0 Å². The minimum Gasteiger partial charge on any atom is -0.459 e. The Morgan fingerprint density at radius 3 is 1.82 bits per heavy atom. The van der Waals surface area contributed by atoms with Crippen LogP contribution in [0.25, 0.3) is 0 Å². The molecular weight excluding hydrogens is 500 g/mol. The molecule has 0 aliphatic heterocycles. The molecule has 0 aromatic rings. The van der Waals surface area contributed by atoms with Crippen LogP contribution in [-0.4, -0.2) is 54.2 Å². The summed E-state index contributed by atoms with van der Waals surface area (Å²) in [6, 6.07) is 0. The van der Waals surface area contributed by atoms with Crippen molar-refractivity contribution in [3.05, 3.63) is 12.2 Å². The zero-order valence-electron chi connectivity index (χ0n) is 16.9. The Labute approximate surface area is 182 Å². The number of alkyl halides is 8. The van der Waals surface area contributed by atoms with E-state index in [4.69, 9.17) is 9.29 Å². The second-order valence-electron chi connectivity index (χ2n) is 7.53. The highest BCUT2D eigenvalue weighted by molar-refractivity contribution is 7.87. The van der Waals surface area contributed by atoms with E-state index in [0.29, 0.717) is 19.3 Å². The van der Waals surface area contributed by atoms with E-state index in [9.17, 15) is 53.1 Å². The highest BCUT2D eigenvalue weighted by Gasteiger charge is 2.76. The Morgan fingerprint density at radius 2 is 1.45 bits per heavy atom. The third-order valence-corrected chi connectivity index (χ3v) is 5.83. The first-order chi connectivity index (χ1) is 14.7. The molecule has 1 rings (SSSR count). The third kappa shape index (κ3) is 6.33. The van der Waals surface area contributed by atoms with Crippen LogP contribution in [0.2, 0.25) is 0 Å². The maximum Gasteiger partial charge on any atom is 0.465 e. The fraction of sp³-hybridized carbons (Fsp3) is 0.765. The summed E-state index contributed by atoms with van der Waals surface area (Å²) in [5.41, 5.74) is -6.09. The predicted octanol–water partition coefficient (Wildman–Crippen LogP) is 4.33. The number of hydrogen-bond acceptors (Lipinski definition) is 6. The molecule has 33 heavy (non-hydrogen) atoms. The molecule has 1 aliphatic carbocycles. The highest BCUT2D eigenvalue weighted by Crippen LogP contribution is 2.51. The standard InChI is InChI=1S/C17H20F8O7S/c1-9(2)12(26)31-11(10-6-4-3-5-7-10)8-14(16(20,21)22,17(23,24)25)32-13(27)15(18,19)33(28,29)30/h10-11H,1,3-8H2,2H3,(H,28,29,30). The quantitative estimate of drug-likeness (QED) is 0.220. The second-order valence-corrected chi connectivity index (χ2v) is 8.99. The van der Waals surface area contributed by atoms with Crippen molar-refractivity contribution in [1.29, 1.82) is 0 Å². The maximum absolute atomic E-state index is 13.7. The molecule has 0 saturated heterocycles. The van der Waals surface area contributed by atoms with Crippen molar-refractivity contribution in [2.75, 3.05) is 0 Å². The molecule has 0 amide bonds. The normalized spacial score (nSPS) is 17.9. The van der Waals surface area contributed by atoms with Crippen molar-refractivity contribution < 1.29 is 67.2 Å². The molecule has 0 aromatic heterocycles. The molecule has 192 valence electrons. The molecule has 0 radical (unpaired) electrons. The number of carbonyl (C=O) groups excluding carboxylic acids is 2. The smallest absolute Gasteiger partial charge is 0.459 e. The largest absolute Gasteiger partial charge is 0.465 e. The Kier molecular flexibility index (Phi) is 8.56. The van der Waals surface area contributed by atoms with E-state index in [1.54, 1.807) is 0 Å². The van der Waals surface area contributed by atoms with Gasteiger partial charge in [-0.05, 0) is 25.7 Å². The molecule has 1 aliphatic rings. The lowest BCUT2D eigenvalue weighted by Crippen LogP contribution is -2.63. The van der Waals surface area contributed by atoms with E-state index in [1.807, 2.05) is 0 Å². The molecule has 16 heteroatoms. The van der Waals surface area contributed by atoms with Crippen molar-refractivity contribution in [2.24, 2.45) is 5.92 Å². The molecule has 1 saturated carbocycles. The zero-order chi connectivity index (χ0) is 26.0. The van der Waals surface area contributed by atoms with Gasteiger partial charge in [0, 0.05) is 12.0 Å². The molecule has 7 nitrogen and oxygen atoms in total. The van der Waals surface area contributed by atoms with Gasteiger partial charge in [0.1, 0.15) is 6.10 Å². The van der Waals surface area contributed by atoms with Gasteiger partial charge in [-0.25, -0.2) is 9.59 Å². The van der Waals surface area contributed by atoms with E-state index >= 15 is 0 Å². The monoisotopic (exact) mass is 520 g/mol. The predicted molar refractivity (Wildman–Crippen MR) is 93.3 cm³/mol. The average Bonchev–Trinajstić information content (AvgIpc) is 2.64. The van der Waals surface area contributed by atoms with Gasteiger partial charge in [0.25, 0.3) is 0 Å². The van der Waals surface area contributed by atoms with Crippen molar-refractivity contribution >= 4 is 22.1 Å². The number of hydrogen-bond donors (Lipinski definition) is 1. The molecule has 1 atom stereocenters. The lowest BCUT2D eigenvalue weighted by molar-refractivity contribution is -0.378. The van der Waals surface area contributed by atoms with E-state index in [1.165, 1.54) is 0 Å². The summed E-state index contributed by atoms with van der Waals surface area (Å²) in [6.07, 6.45) is -16.5. The molecule has 1 unspecified atom stereocenters. The lowest BCUT2D eigenvalue weighted by Gasteiger charge is -2.41. The van der Waals surface area contributed by atoms with Gasteiger partial charge in [0.05, 0.1) is 0 Å². The first-order valence-electron chi connectivity index (χ1n) is 9.25. The average molecular weight is 520 g/mol. The number of halogens is 8. The molecule has 0 aromatic carbocycles. The minimum atomic E-state index is -6.78. The number of ether oxygens (including phenoxy) is 2. The molecule has 0 spiro atoms. The minimum absolute atomic E-state index is 0.00898. The lowest BCUT2D eigenvalue weighted by atomic mass is 9.80. The van der Waals surface area contributed by atoms with Crippen LogP contribution in [0, 0.1) is 5.92 Å². The van der Waals surface area contributed by atoms with Crippen LogP contribution in [0.5, 0.6) is 0 Å². The van der Waals surface area contributed by atoms with Gasteiger partial charge in [0.2, 0.25) is 0 Å². The Balaban J connectivity index is 3.60. The summed E-state index contributed by atoms with van der Waals surface area (Å²) in [5, 5.41) is -6.15. The van der Waals surface area contributed by atoms with Crippen LogP contribution in [0.1, 0.15) is 45.4 Å². The fourth-order valence-corrected chi connectivity index (χ4v) is 3.46. The van der Waals surface area contributed by atoms with Crippen molar-refractivity contribution in [3.63, 3.8) is 0 Å². The summed E-state index contributed by atoms with van der Waals surface area (Å²) in [5.74, 6) is -6.28. The van der Waals surface area contributed by atoms with Gasteiger partial charge in [0.15, 0.2) is 0 Å². The van der Waals surface area contributed by atoms with E-state index < -0.39 is 69.3 Å². The summed E-state index contributed by atoms with van der Waals surface area (Å²) in [7, 11) is -6.78. The summed E-state index contributed by atoms with van der Waals surface area (Å²) < 4.78 is 147. The Bertz CT molecular complexity index is 844. The number of carbonyl (C=O) groups is 2. The van der Waals surface area contributed by atoms with Crippen molar-refractivity contribution in [3.8, 4) is 0 Å². The molecule has 1 N–H and O–H groups in total. The van der Waals surface area contributed by atoms with Crippen LogP contribution in [-0.2, 0) is 29.2 Å². The summed E-state index contributed by atoms with van der Waals surface area (Å²) in [4.78, 5) is 23.3. The maximum atomic E-state index is 13.7. The fourth-order valence-electron chi connectivity index (χ4n) is 3.20. The third-order valence-electron chi connectivity index (χ3n) is 5.02. The zero-order valence-corrected chi connectivity index (χ0v) is 17.7.